The number of carbonyl (C=O) groups excluding carboxylic acids is 1. The van der Waals surface area contributed by atoms with Crippen LogP contribution in [0, 0.1) is 0 Å². The van der Waals surface area contributed by atoms with E-state index in [1.807, 2.05) is 48.5 Å². The Morgan fingerprint density at radius 1 is 1.10 bits per heavy atom. The third-order valence-corrected chi connectivity index (χ3v) is 5.01. The lowest BCUT2D eigenvalue weighted by Gasteiger charge is -2.13. The van der Waals surface area contributed by atoms with Gasteiger partial charge in [-0.15, -0.1) is 0 Å². The van der Waals surface area contributed by atoms with Gasteiger partial charge in [-0.05, 0) is 48.2 Å². The molecule has 30 heavy (non-hydrogen) atoms. The van der Waals surface area contributed by atoms with Gasteiger partial charge in [-0.1, -0.05) is 24.3 Å². The minimum absolute atomic E-state index is 0.0747. The number of hydrogen-bond acceptors (Lipinski definition) is 4. The van der Waals surface area contributed by atoms with Gasteiger partial charge >= 0.3 is 0 Å². The highest BCUT2D eigenvalue weighted by molar-refractivity contribution is 5.94. The number of ether oxygens (including phenoxy) is 2. The second-order valence-corrected chi connectivity index (χ2v) is 7.17. The lowest BCUT2D eigenvalue weighted by atomic mass is 10.1. The quantitative estimate of drug-likeness (QED) is 0.460. The monoisotopic (exact) mass is 410 g/mol. The summed E-state index contributed by atoms with van der Waals surface area (Å²) in [5.74, 6) is 1.45. The van der Waals surface area contributed by atoms with Crippen molar-refractivity contribution >= 4 is 11.9 Å². The predicted molar refractivity (Wildman–Crippen MR) is 118 cm³/mol. The number of amides is 1. The van der Waals surface area contributed by atoms with E-state index >= 15 is 0 Å². The summed E-state index contributed by atoms with van der Waals surface area (Å²) in [4.78, 5) is 16.7. The van der Waals surface area contributed by atoms with Crippen LogP contribution in [-0.2, 0) is 17.8 Å². The van der Waals surface area contributed by atoms with Crippen molar-refractivity contribution in [2.24, 2.45) is 4.99 Å². The first-order valence-electron chi connectivity index (χ1n) is 10.2. The van der Waals surface area contributed by atoms with Crippen LogP contribution < -0.4 is 20.7 Å². The zero-order valence-electron chi connectivity index (χ0n) is 17.6. The molecule has 2 aromatic carbocycles. The smallest absolute Gasteiger partial charge is 0.251 e. The van der Waals surface area contributed by atoms with Crippen LogP contribution in [0.15, 0.2) is 53.5 Å². The third kappa shape index (κ3) is 6.49. The fourth-order valence-electron chi connectivity index (χ4n) is 3.27. The number of rotatable bonds is 8. The number of nitrogens with zero attached hydrogens (tertiary/aromatic N) is 1. The molecule has 3 rings (SSSR count). The molecule has 1 fully saturated rings. The summed E-state index contributed by atoms with van der Waals surface area (Å²) in [6.45, 7) is 2.56. The molecule has 0 bridgehead atoms. The van der Waals surface area contributed by atoms with E-state index in [2.05, 4.69) is 20.9 Å². The molecule has 0 radical (unpaired) electrons. The predicted octanol–water partition coefficient (Wildman–Crippen LogP) is 2.47. The molecule has 1 amide bonds. The zero-order valence-corrected chi connectivity index (χ0v) is 17.6. The molecule has 7 nitrogen and oxygen atoms in total. The van der Waals surface area contributed by atoms with Gasteiger partial charge in [0, 0.05) is 38.9 Å². The van der Waals surface area contributed by atoms with Crippen LogP contribution in [0.4, 0.5) is 0 Å². The van der Waals surface area contributed by atoms with Crippen molar-refractivity contribution in [2.75, 3.05) is 27.3 Å². The van der Waals surface area contributed by atoms with Crippen LogP contribution in [0.2, 0.25) is 0 Å². The maximum absolute atomic E-state index is 12.4. The molecule has 1 unspecified atom stereocenters. The number of nitrogens with one attached hydrogen (secondary N) is 3. The van der Waals surface area contributed by atoms with Crippen molar-refractivity contribution in [1.82, 2.24) is 16.0 Å². The minimum Gasteiger partial charge on any atom is -0.497 e. The van der Waals surface area contributed by atoms with Crippen molar-refractivity contribution in [2.45, 2.75) is 32.0 Å². The van der Waals surface area contributed by atoms with Gasteiger partial charge < -0.3 is 25.4 Å². The van der Waals surface area contributed by atoms with Gasteiger partial charge in [0.25, 0.3) is 5.91 Å². The van der Waals surface area contributed by atoms with Crippen LogP contribution >= 0.6 is 0 Å². The Balaban J connectivity index is 1.47. The molecule has 1 aliphatic heterocycles. The summed E-state index contributed by atoms with van der Waals surface area (Å²) in [6, 6.07) is 15.5. The second kappa shape index (κ2) is 11.2. The molecular weight excluding hydrogens is 380 g/mol. The first-order valence-corrected chi connectivity index (χ1v) is 10.2. The van der Waals surface area contributed by atoms with E-state index in [1.54, 1.807) is 14.2 Å². The SMILES string of the molecule is CN=C(NCc1ccc(OC)cc1)NCc1cccc(C(=O)NCC2CCCO2)c1. The maximum atomic E-state index is 12.4. The lowest BCUT2D eigenvalue weighted by molar-refractivity contribution is 0.0857. The average Bonchev–Trinajstić information content (AvgIpc) is 3.32. The van der Waals surface area contributed by atoms with E-state index in [4.69, 9.17) is 9.47 Å². The van der Waals surface area contributed by atoms with Crippen LogP contribution in [0.1, 0.15) is 34.3 Å². The first kappa shape index (κ1) is 21.6. The molecular formula is C23H30N4O3. The van der Waals surface area contributed by atoms with E-state index < -0.39 is 0 Å². The van der Waals surface area contributed by atoms with Crippen molar-refractivity contribution in [3.63, 3.8) is 0 Å². The summed E-state index contributed by atoms with van der Waals surface area (Å²) in [5, 5.41) is 9.53. The standard InChI is InChI=1S/C23H30N4O3/c1-24-23(26-14-17-8-10-20(29-2)11-9-17)27-15-18-5-3-6-19(13-18)22(28)25-16-21-7-4-12-30-21/h3,5-6,8-11,13,21H,4,7,12,14-16H2,1-2H3,(H,25,28)(H2,24,26,27). The van der Waals surface area contributed by atoms with Gasteiger partial charge in [-0.25, -0.2) is 0 Å². The number of benzene rings is 2. The number of carbonyl (C=O) groups is 1. The van der Waals surface area contributed by atoms with Crippen molar-refractivity contribution in [1.29, 1.82) is 0 Å². The van der Waals surface area contributed by atoms with E-state index in [0.29, 0.717) is 31.2 Å². The molecule has 1 atom stereocenters. The van der Waals surface area contributed by atoms with Gasteiger partial charge in [-0.3, -0.25) is 9.79 Å². The van der Waals surface area contributed by atoms with Crippen molar-refractivity contribution in [3.05, 3.63) is 65.2 Å². The van der Waals surface area contributed by atoms with Gasteiger partial charge in [-0.2, -0.15) is 0 Å². The maximum Gasteiger partial charge on any atom is 0.251 e. The Hall–Kier alpha value is -3.06. The Morgan fingerprint density at radius 2 is 1.87 bits per heavy atom. The minimum atomic E-state index is -0.0747. The van der Waals surface area contributed by atoms with Gasteiger partial charge in [0.2, 0.25) is 0 Å². The average molecular weight is 411 g/mol. The molecule has 0 spiro atoms. The first-order chi connectivity index (χ1) is 14.7. The topological polar surface area (TPSA) is 84.0 Å². The summed E-state index contributed by atoms with van der Waals surface area (Å²) >= 11 is 0. The molecule has 7 heteroatoms. The number of guanidine groups is 1. The Bertz CT molecular complexity index is 846. The van der Waals surface area contributed by atoms with Gasteiger partial charge in [0.1, 0.15) is 5.75 Å². The molecule has 0 aliphatic carbocycles. The van der Waals surface area contributed by atoms with E-state index in [1.165, 1.54) is 0 Å². The Kier molecular flexibility index (Phi) is 8.09. The van der Waals surface area contributed by atoms with Crippen LogP contribution in [0.3, 0.4) is 0 Å². The Morgan fingerprint density at radius 3 is 2.53 bits per heavy atom. The van der Waals surface area contributed by atoms with Crippen molar-refractivity contribution in [3.8, 4) is 5.75 Å². The number of hydrogen-bond donors (Lipinski definition) is 3. The molecule has 1 saturated heterocycles. The summed E-state index contributed by atoms with van der Waals surface area (Å²) in [7, 11) is 3.39. The van der Waals surface area contributed by atoms with E-state index in [0.717, 1.165) is 36.3 Å². The van der Waals surface area contributed by atoms with Crippen molar-refractivity contribution < 1.29 is 14.3 Å². The number of methoxy groups -OCH3 is 1. The van der Waals surface area contributed by atoms with Gasteiger partial charge in [0.15, 0.2) is 5.96 Å². The van der Waals surface area contributed by atoms with Gasteiger partial charge in [0.05, 0.1) is 13.2 Å². The summed E-state index contributed by atoms with van der Waals surface area (Å²) < 4.78 is 10.7. The van der Waals surface area contributed by atoms with E-state index in [9.17, 15) is 4.79 Å². The van der Waals surface area contributed by atoms with Crippen LogP contribution in [0.5, 0.6) is 5.75 Å². The summed E-state index contributed by atoms with van der Waals surface area (Å²) in [5.41, 5.74) is 2.78. The fraction of sp³-hybridized carbons (Fsp3) is 0.391. The van der Waals surface area contributed by atoms with Crippen LogP contribution in [-0.4, -0.2) is 45.3 Å². The highest BCUT2D eigenvalue weighted by atomic mass is 16.5. The molecule has 2 aromatic rings. The third-order valence-electron chi connectivity index (χ3n) is 5.01. The fourth-order valence-corrected chi connectivity index (χ4v) is 3.27. The van der Waals surface area contributed by atoms with Crippen LogP contribution in [0.25, 0.3) is 0 Å². The molecule has 1 aliphatic rings. The number of aliphatic imine (C=N–C) groups is 1. The molecule has 0 saturated carbocycles. The highest BCUT2D eigenvalue weighted by Crippen LogP contribution is 2.12. The second-order valence-electron chi connectivity index (χ2n) is 7.17. The highest BCUT2D eigenvalue weighted by Gasteiger charge is 2.16. The zero-order chi connectivity index (χ0) is 21.2. The molecule has 1 heterocycles. The molecule has 160 valence electrons. The normalized spacial score (nSPS) is 16.2. The summed E-state index contributed by atoms with van der Waals surface area (Å²) in [6.07, 6.45) is 2.21. The molecule has 0 aromatic heterocycles. The molecule has 3 N–H and O–H groups in total. The van der Waals surface area contributed by atoms with E-state index in [-0.39, 0.29) is 12.0 Å². The Labute approximate surface area is 177 Å². The largest absolute Gasteiger partial charge is 0.497 e. The lowest BCUT2D eigenvalue weighted by Crippen LogP contribution is -2.36.